The Kier molecular flexibility index (Phi) is 4.53. The summed E-state index contributed by atoms with van der Waals surface area (Å²) in [4.78, 5) is 0. The quantitative estimate of drug-likeness (QED) is 0.897. The van der Waals surface area contributed by atoms with Crippen molar-refractivity contribution in [3.8, 4) is 11.5 Å². The second kappa shape index (κ2) is 6.74. The third kappa shape index (κ3) is 2.89. The topological polar surface area (TPSA) is 74.1 Å². The van der Waals surface area contributed by atoms with E-state index >= 15 is 0 Å². The van der Waals surface area contributed by atoms with Gasteiger partial charge in [0.1, 0.15) is 6.33 Å². The van der Waals surface area contributed by atoms with E-state index in [-0.39, 0.29) is 6.04 Å². The molecule has 2 atom stereocenters. The van der Waals surface area contributed by atoms with Crippen LogP contribution in [-0.2, 0) is 0 Å². The molecule has 2 aromatic rings. The van der Waals surface area contributed by atoms with Gasteiger partial charge >= 0.3 is 0 Å². The number of benzene rings is 1. The van der Waals surface area contributed by atoms with Crippen LogP contribution in [0.3, 0.4) is 0 Å². The number of hydrogen-bond donors (Lipinski definition) is 1. The summed E-state index contributed by atoms with van der Waals surface area (Å²) >= 11 is 0. The Morgan fingerprint density at radius 3 is 2.77 bits per heavy atom. The van der Waals surface area contributed by atoms with Crippen LogP contribution in [0.2, 0.25) is 0 Å². The van der Waals surface area contributed by atoms with Gasteiger partial charge in [-0.1, -0.05) is 6.07 Å². The Morgan fingerprint density at radius 1 is 1.27 bits per heavy atom. The van der Waals surface area contributed by atoms with Crippen molar-refractivity contribution in [2.75, 3.05) is 27.3 Å². The Morgan fingerprint density at radius 2 is 2.14 bits per heavy atom. The van der Waals surface area contributed by atoms with Crippen molar-refractivity contribution in [3.63, 3.8) is 0 Å². The molecule has 0 saturated carbocycles. The zero-order valence-electron chi connectivity index (χ0n) is 12.9. The Bertz CT molecular complexity index is 596. The Balaban J connectivity index is 1.98. The van der Waals surface area contributed by atoms with Crippen molar-refractivity contribution in [3.05, 3.63) is 30.1 Å². The Hall–Kier alpha value is -2.15. The molecular weight excluding hydrogens is 282 g/mol. The fourth-order valence-electron chi connectivity index (χ4n) is 3.12. The average molecular weight is 303 g/mol. The van der Waals surface area contributed by atoms with Crippen LogP contribution in [0.5, 0.6) is 11.5 Å². The second-order valence-corrected chi connectivity index (χ2v) is 5.46. The van der Waals surface area contributed by atoms with Gasteiger partial charge < -0.3 is 14.8 Å². The molecule has 1 aromatic carbocycles. The minimum absolute atomic E-state index is 0.0857. The molecule has 0 radical (unpaired) electrons. The number of tetrazole rings is 1. The third-order valence-electron chi connectivity index (χ3n) is 4.18. The minimum Gasteiger partial charge on any atom is -0.493 e. The van der Waals surface area contributed by atoms with E-state index in [9.17, 15) is 0 Å². The lowest BCUT2D eigenvalue weighted by Gasteiger charge is -2.31. The highest BCUT2D eigenvalue weighted by molar-refractivity contribution is 5.44. The summed E-state index contributed by atoms with van der Waals surface area (Å²) < 4.78 is 12.6. The molecule has 1 saturated heterocycles. The molecule has 0 aliphatic carbocycles. The van der Waals surface area contributed by atoms with Crippen LogP contribution in [0.15, 0.2) is 24.5 Å². The van der Waals surface area contributed by atoms with E-state index in [1.165, 1.54) is 0 Å². The lowest BCUT2D eigenvalue weighted by atomic mass is 9.87. The maximum atomic E-state index is 5.43. The number of piperidine rings is 1. The van der Waals surface area contributed by atoms with Crippen LogP contribution >= 0.6 is 0 Å². The first-order valence-electron chi connectivity index (χ1n) is 7.48. The summed E-state index contributed by atoms with van der Waals surface area (Å²) in [6.45, 7) is 2.03. The molecule has 1 aliphatic heterocycles. The van der Waals surface area contributed by atoms with Crippen molar-refractivity contribution >= 4 is 0 Å². The van der Waals surface area contributed by atoms with Crippen molar-refractivity contribution in [2.24, 2.45) is 5.92 Å². The lowest BCUT2D eigenvalue weighted by molar-refractivity contribution is 0.277. The van der Waals surface area contributed by atoms with Gasteiger partial charge in [0.25, 0.3) is 0 Å². The highest BCUT2D eigenvalue weighted by Gasteiger charge is 2.28. The van der Waals surface area contributed by atoms with Crippen LogP contribution in [0.25, 0.3) is 0 Å². The van der Waals surface area contributed by atoms with Crippen LogP contribution in [0.1, 0.15) is 24.4 Å². The van der Waals surface area contributed by atoms with Gasteiger partial charge in [-0.25, -0.2) is 4.68 Å². The molecule has 0 amide bonds. The average Bonchev–Trinajstić information content (AvgIpc) is 3.10. The molecule has 118 valence electrons. The van der Waals surface area contributed by atoms with Gasteiger partial charge in [-0.15, -0.1) is 5.10 Å². The molecule has 1 fully saturated rings. The molecule has 0 spiro atoms. The SMILES string of the molecule is COc1ccc([C@@H]([C@H]2CCCNC2)n2cnnn2)cc1OC. The fraction of sp³-hybridized carbons (Fsp3) is 0.533. The third-order valence-corrected chi connectivity index (χ3v) is 4.18. The lowest BCUT2D eigenvalue weighted by Crippen LogP contribution is -2.36. The van der Waals surface area contributed by atoms with Crippen LogP contribution in [0.4, 0.5) is 0 Å². The van der Waals surface area contributed by atoms with Crippen LogP contribution < -0.4 is 14.8 Å². The van der Waals surface area contributed by atoms with Crippen LogP contribution in [0, 0.1) is 5.92 Å². The molecule has 0 bridgehead atoms. The number of rotatable bonds is 5. The fourth-order valence-corrected chi connectivity index (χ4v) is 3.12. The number of hydrogen-bond acceptors (Lipinski definition) is 6. The van der Waals surface area contributed by atoms with Crippen molar-refractivity contribution < 1.29 is 9.47 Å². The van der Waals surface area contributed by atoms with Gasteiger partial charge in [0.15, 0.2) is 11.5 Å². The number of nitrogens with one attached hydrogen (secondary N) is 1. The normalized spacial score (nSPS) is 19.6. The number of aromatic nitrogens is 4. The van der Waals surface area contributed by atoms with Gasteiger partial charge in [0.05, 0.1) is 20.3 Å². The van der Waals surface area contributed by atoms with Gasteiger partial charge in [0.2, 0.25) is 0 Å². The highest BCUT2D eigenvalue weighted by Crippen LogP contribution is 2.35. The first kappa shape index (κ1) is 14.8. The van der Waals surface area contributed by atoms with E-state index in [0.717, 1.165) is 43.0 Å². The highest BCUT2D eigenvalue weighted by atomic mass is 16.5. The van der Waals surface area contributed by atoms with Crippen molar-refractivity contribution in [1.29, 1.82) is 0 Å². The largest absolute Gasteiger partial charge is 0.493 e. The molecule has 7 heteroatoms. The van der Waals surface area contributed by atoms with Gasteiger partial charge in [0, 0.05) is 6.54 Å². The molecule has 3 rings (SSSR count). The van der Waals surface area contributed by atoms with E-state index < -0.39 is 0 Å². The zero-order chi connectivity index (χ0) is 15.4. The minimum atomic E-state index is 0.0857. The molecule has 7 nitrogen and oxygen atoms in total. The first-order valence-corrected chi connectivity index (χ1v) is 7.48. The summed E-state index contributed by atoms with van der Waals surface area (Å²) in [5, 5.41) is 15.2. The first-order chi connectivity index (χ1) is 10.8. The van der Waals surface area contributed by atoms with E-state index in [4.69, 9.17) is 9.47 Å². The number of nitrogens with zero attached hydrogens (tertiary/aromatic N) is 4. The zero-order valence-corrected chi connectivity index (χ0v) is 12.9. The van der Waals surface area contributed by atoms with Crippen LogP contribution in [-0.4, -0.2) is 47.5 Å². The second-order valence-electron chi connectivity index (χ2n) is 5.46. The summed E-state index contributed by atoms with van der Waals surface area (Å²) in [5.74, 6) is 1.89. The summed E-state index contributed by atoms with van der Waals surface area (Å²) in [6, 6.07) is 6.09. The maximum Gasteiger partial charge on any atom is 0.161 e. The molecule has 22 heavy (non-hydrogen) atoms. The van der Waals surface area contributed by atoms with Gasteiger partial charge in [-0.3, -0.25) is 0 Å². The van der Waals surface area contributed by atoms with Crippen molar-refractivity contribution in [1.82, 2.24) is 25.5 Å². The number of methoxy groups -OCH3 is 2. The van der Waals surface area contributed by atoms with E-state index in [1.807, 2.05) is 16.8 Å². The smallest absolute Gasteiger partial charge is 0.161 e. The molecule has 1 N–H and O–H groups in total. The standard InChI is InChI=1S/C15H21N5O2/c1-21-13-6-5-11(8-14(13)22-2)15(20-10-17-18-19-20)12-4-3-7-16-9-12/h5-6,8,10,12,15-16H,3-4,7,9H2,1-2H3/t12-,15-/m0/s1. The summed E-state index contributed by atoms with van der Waals surface area (Å²) in [7, 11) is 3.29. The molecule has 1 aromatic heterocycles. The summed E-state index contributed by atoms with van der Waals surface area (Å²) in [5.41, 5.74) is 1.12. The van der Waals surface area contributed by atoms with E-state index in [1.54, 1.807) is 20.5 Å². The Labute approximate surface area is 129 Å². The predicted molar refractivity (Wildman–Crippen MR) is 81.1 cm³/mol. The molecule has 1 aliphatic rings. The molecule has 0 unspecified atom stereocenters. The summed E-state index contributed by atoms with van der Waals surface area (Å²) in [6.07, 6.45) is 3.98. The monoisotopic (exact) mass is 303 g/mol. The number of ether oxygens (including phenoxy) is 2. The van der Waals surface area contributed by atoms with Gasteiger partial charge in [-0.2, -0.15) is 0 Å². The molecular formula is C15H21N5O2. The van der Waals surface area contributed by atoms with E-state index in [2.05, 4.69) is 26.9 Å². The maximum absolute atomic E-state index is 5.43. The van der Waals surface area contributed by atoms with E-state index in [0.29, 0.717) is 5.92 Å². The predicted octanol–water partition coefficient (Wildman–Crippen LogP) is 1.28. The molecule has 2 heterocycles. The van der Waals surface area contributed by atoms with Crippen molar-refractivity contribution in [2.45, 2.75) is 18.9 Å². The van der Waals surface area contributed by atoms with Gasteiger partial charge in [-0.05, 0) is 53.4 Å².